The fraction of sp³-hybridized carbons (Fsp3) is 0.185. The summed E-state index contributed by atoms with van der Waals surface area (Å²) in [5, 5.41) is 3.24. The highest BCUT2D eigenvalue weighted by Gasteiger charge is 2.40. The van der Waals surface area contributed by atoms with E-state index in [4.69, 9.17) is 0 Å². The summed E-state index contributed by atoms with van der Waals surface area (Å²) >= 11 is 0. The summed E-state index contributed by atoms with van der Waals surface area (Å²) in [6.45, 7) is 5.92. The number of nitrogens with one attached hydrogen (secondary N) is 1. The number of rotatable bonds is 5. The van der Waals surface area contributed by atoms with Crippen molar-refractivity contribution < 1.29 is 9.59 Å². The third-order valence-electron chi connectivity index (χ3n) is 5.65. The van der Waals surface area contributed by atoms with E-state index in [2.05, 4.69) is 5.32 Å². The third-order valence-corrected chi connectivity index (χ3v) is 5.65. The van der Waals surface area contributed by atoms with E-state index in [0.29, 0.717) is 17.0 Å². The second kappa shape index (κ2) is 8.35. The fourth-order valence-electron chi connectivity index (χ4n) is 3.98. The van der Waals surface area contributed by atoms with Crippen LogP contribution in [0.5, 0.6) is 0 Å². The van der Waals surface area contributed by atoms with E-state index in [0.717, 1.165) is 33.6 Å². The van der Waals surface area contributed by atoms with Gasteiger partial charge in [0.25, 0.3) is 11.8 Å². The summed E-state index contributed by atoms with van der Waals surface area (Å²) in [5.74, 6) is -0.674. The van der Waals surface area contributed by atoms with Crippen LogP contribution in [0.15, 0.2) is 72.4 Å². The van der Waals surface area contributed by atoms with Crippen molar-refractivity contribution in [3.05, 3.63) is 94.7 Å². The molecule has 0 radical (unpaired) electrons. The largest absolute Gasteiger partial charge is 0.378 e. The Morgan fingerprint density at radius 1 is 0.781 bits per heavy atom. The number of imide groups is 1. The number of hydrogen-bond donors (Lipinski definition) is 1. The van der Waals surface area contributed by atoms with Crippen molar-refractivity contribution in [1.29, 1.82) is 0 Å². The molecule has 0 aromatic heterocycles. The minimum Gasteiger partial charge on any atom is -0.378 e. The predicted octanol–water partition coefficient (Wildman–Crippen LogP) is 5.07. The van der Waals surface area contributed by atoms with Crippen molar-refractivity contribution in [3.63, 3.8) is 0 Å². The first-order valence-corrected chi connectivity index (χ1v) is 10.6. The molecule has 1 aliphatic rings. The second-order valence-electron chi connectivity index (χ2n) is 8.42. The zero-order valence-electron chi connectivity index (χ0n) is 19.1. The first-order valence-electron chi connectivity index (χ1n) is 10.6. The Kier molecular flexibility index (Phi) is 5.57. The van der Waals surface area contributed by atoms with Crippen molar-refractivity contribution in [2.45, 2.75) is 20.8 Å². The molecule has 0 fully saturated rings. The van der Waals surface area contributed by atoms with E-state index in [9.17, 15) is 9.59 Å². The van der Waals surface area contributed by atoms with Gasteiger partial charge in [0.1, 0.15) is 5.70 Å². The lowest BCUT2D eigenvalue weighted by Gasteiger charge is -2.16. The van der Waals surface area contributed by atoms with Crippen molar-refractivity contribution >= 4 is 34.4 Å². The van der Waals surface area contributed by atoms with Crippen LogP contribution >= 0.6 is 0 Å². The molecule has 1 heterocycles. The Labute approximate surface area is 189 Å². The monoisotopic (exact) mass is 425 g/mol. The Bertz CT molecular complexity index is 1240. The molecule has 5 nitrogen and oxygen atoms in total. The zero-order chi connectivity index (χ0) is 23.0. The summed E-state index contributed by atoms with van der Waals surface area (Å²) in [4.78, 5) is 30.4. The number of nitrogens with zero attached hydrogens (tertiary/aromatic N) is 2. The van der Waals surface area contributed by atoms with E-state index in [-0.39, 0.29) is 11.8 Å². The number of hydrogen-bond acceptors (Lipinski definition) is 4. The van der Waals surface area contributed by atoms with Gasteiger partial charge < -0.3 is 10.2 Å². The first kappa shape index (κ1) is 21.4. The van der Waals surface area contributed by atoms with Gasteiger partial charge in [-0.1, -0.05) is 35.9 Å². The highest BCUT2D eigenvalue weighted by molar-refractivity contribution is 6.46. The first-order chi connectivity index (χ1) is 15.3. The molecule has 0 bridgehead atoms. The lowest BCUT2D eigenvalue weighted by molar-refractivity contribution is -0.120. The molecular weight excluding hydrogens is 398 g/mol. The molecule has 0 aliphatic carbocycles. The molecule has 4 rings (SSSR count). The Morgan fingerprint density at radius 2 is 1.47 bits per heavy atom. The van der Waals surface area contributed by atoms with Gasteiger partial charge in [-0.05, 0) is 73.9 Å². The highest BCUT2D eigenvalue weighted by atomic mass is 16.2. The molecule has 0 spiro atoms. The molecule has 0 atom stereocenters. The van der Waals surface area contributed by atoms with E-state index in [1.165, 1.54) is 4.90 Å². The van der Waals surface area contributed by atoms with Gasteiger partial charge in [0.05, 0.1) is 11.3 Å². The molecule has 0 saturated heterocycles. The standard InChI is InChI=1S/C27H27N3O2/c1-17-7-6-8-22(16-17)30-26(31)24(23-14-9-18(2)15-19(23)3)25(27(30)32)28-20-10-12-21(13-11-20)29(4)5/h6-16,28H,1-5H3. The lowest BCUT2D eigenvalue weighted by Crippen LogP contribution is -2.32. The van der Waals surface area contributed by atoms with E-state index in [1.807, 2.05) is 100 Å². The van der Waals surface area contributed by atoms with Crippen molar-refractivity contribution in [3.8, 4) is 0 Å². The highest BCUT2D eigenvalue weighted by Crippen LogP contribution is 2.35. The molecule has 32 heavy (non-hydrogen) atoms. The molecule has 1 aliphatic heterocycles. The van der Waals surface area contributed by atoms with Crippen LogP contribution in [0.2, 0.25) is 0 Å². The van der Waals surface area contributed by atoms with Gasteiger partial charge in [-0.15, -0.1) is 0 Å². The molecule has 3 aromatic rings. The van der Waals surface area contributed by atoms with Crippen molar-refractivity contribution in [1.82, 2.24) is 0 Å². The van der Waals surface area contributed by atoms with Gasteiger partial charge in [-0.25, -0.2) is 4.90 Å². The van der Waals surface area contributed by atoms with Gasteiger partial charge in [0.15, 0.2) is 0 Å². The van der Waals surface area contributed by atoms with E-state index in [1.54, 1.807) is 6.07 Å². The van der Waals surface area contributed by atoms with Crippen LogP contribution in [0.4, 0.5) is 17.1 Å². The summed E-state index contributed by atoms with van der Waals surface area (Å²) in [6, 6.07) is 21.1. The normalized spacial score (nSPS) is 13.7. The van der Waals surface area contributed by atoms with Crippen molar-refractivity contribution in [2.24, 2.45) is 0 Å². The van der Waals surface area contributed by atoms with Gasteiger partial charge in [-0.2, -0.15) is 0 Å². The molecule has 5 heteroatoms. The van der Waals surface area contributed by atoms with Crippen LogP contribution in [-0.2, 0) is 9.59 Å². The summed E-state index contributed by atoms with van der Waals surface area (Å²) in [6.07, 6.45) is 0. The van der Waals surface area contributed by atoms with Crippen LogP contribution in [0.1, 0.15) is 22.3 Å². The Morgan fingerprint density at radius 3 is 2.09 bits per heavy atom. The lowest BCUT2D eigenvalue weighted by atomic mass is 9.97. The fourth-order valence-corrected chi connectivity index (χ4v) is 3.98. The topological polar surface area (TPSA) is 52.7 Å². The molecule has 2 amide bonds. The smallest absolute Gasteiger partial charge is 0.282 e. The Balaban J connectivity index is 1.82. The number of aryl methyl sites for hydroxylation is 3. The molecule has 162 valence electrons. The minimum atomic E-state index is -0.354. The average molecular weight is 426 g/mol. The molecule has 0 unspecified atom stereocenters. The van der Waals surface area contributed by atoms with Crippen LogP contribution < -0.4 is 15.1 Å². The van der Waals surface area contributed by atoms with Gasteiger partial charge >= 0.3 is 0 Å². The van der Waals surface area contributed by atoms with Crippen LogP contribution in [0, 0.1) is 20.8 Å². The summed E-state index contributed by atoms with van der Waals surface area (Å²) < 4.78 is 0. The van der Waals surface area contributed by atoms with Crippen LogP contribution in [0.3, 0.4) is 0 Å². The molecule has 1 N–H and O–H groups in total. The maximum absolute atomic E-state index is 13.6. The molecule has 0 saturated carbocycles. The quantitative estimate of drug-likeness (QED) is 0.580. The van der Waals surface area contributed by atoms with E-state index >= 15 is 0 Å². The van der Waals surface area contributed by atoms with Gasteiger partial charge in [0.2, 0.25) is 0 Å². The van der Waals surface area contributed by atoms with E-state index < -0.39 is 0 Å². The Hall–Kier alpha value is -3.86. The van der Waals surface area contributed by atoms with Crippen LogP contribution in [-0.4, -0.2) is 25.9 Å². The zero-order valence-corrected chi connectivity index (χ0v) is 19.1. The molecular formula is C27H27N3O2. The number of carbonyl (C=O) groups excluding carboxylic acids is 2. The predicted molar refractivity (Wildman–Crippen MR) is 131 cm³/mol. The number of anilines is 3. The van der Waals surface area contributed by atoms with Gasteiger partial charge in [0, 0.05) is 25.5 Å². The van der Waals surface area contributed by atoms with Crippen molar-refractivity contribution in [2.75, 3.05) is 29.2 Å². The number of carbonyl (C=O) groups is 2. The second-order valence-corrected chi connectivity index (χ2v) is 8.42. The average Bonchev–Trinajstić information content (AvgIpc) is 2.98. The minimum absolute atomic E-state index is 0.293. The third kappa shape index (κ3) is 3.89. The maximum Gasteiger partial charge on any atom is 0.282 e. The summed E-state index contributed by atoms with van der Waals surface area (Å²) in [7, 11) is 3.95. The number of benzene rings is 3. The molecule has 3 aromatic carbocycles. The van der Waals surface area contributed by atoms with Crippen LogP contribution in [0.25, 0.3) is 5.57 Å². The van der Waals surface area contributed by atoms with Gasteiger partial charge in [-0.3, -0.25) is 9.59 Å². The SMILES string of the molecule is Cc1cccc(N2C(=O)C(Nc3ccc(N(C)C)cc3)=C(c3ccc(C)cc3C)C2=O)c1. The summed E-state index contributed by atoms with van der Waals surface area (Å²) in [5.41, 5.74) is 6.86. The maximum atomic E-state index is 13.6. The number of amides is 2.